The fourth-order valence-corrected chi connectivity index (χ4v) is 5.48. The lowest BCUT2D eigenvalue weighted by atomic mass is 9.80. The first-order valence-electron chi connectivity index (χ1n) is 11.0. The van der Waals surface area contributed by atoms with Crippen LogP contribution in [0.1, 0.15) is 51.3 Å². The smallest absolute Gasteiger partial charge is 0.135 e. The summed E-state index contributed by atoms with van der Waals surface area (Å²) in [7, 11) is 0. The minimum atomic E-state index is -0.491. The molecule has 0 radical (unpaired) electrons. The molecule has 0 saturated heterocycles. The van der Waals surface area contributed by atoms with Crippen molar-refractivity contribution in [1.29, 1.82) is 0 Å². The van der Waals surface area contributed by atoms with Gasteiger partial charge in [-0.25, -0.2) is 0 Å². The molecule has 6 nitrogen and oxygen atoms in total. The van der Waals surface area contributed by atoms with Crippen LogP contribution in [-0.2, 0) is 6.42 Å². The lowest BCUT2D eigenvalue weighted by Crippen LogP contribution is -2.13. The molecule has 0 unspecified atom stereocenters. The number of phenols is 5. The molecule has 0 spiro atoms. The van der Waals surface area contributed by atoms with Crippen LogP contribution < -0.4 is 4.74 Å². The van der Waals surface area contributed by atoms with E-state index in [9.17, 15) is 25.5 Å². The monoisotopic (exact) mass is 454 g/mol. The van der Waals surface area contributed by atoms with E-state index < -0.39 is 6.10 Å². The van der Waals surface area contributed by atoms with Gasteiger partial charge >= 0.3 is 0 Å². The van der Waals surface area contributed by atoms with Gasteiger partial charge < -0.3 is 30.3 Å². The van der Waals surface area contributed by atoms with E-state index in [1.54, 1.807) is 54.6 Å². The Labute approximate surface area is 195 Å². The van der Waals surface area contributed by atoms with Crippen molar-refractivity contribution in [3.8, 4) is 34.5 Å². The predicted octanol–water partition coefficient (Wildman–Crippen LogP) is 5.17. The molecule has 6 rings (SSSR count). The van der Waals surface area contributed by atoms with Gasteiger partial charge in [-0.1, -0.05) is 24.3 Å². The minimum Gasteiger partial charge on any atom is -0.508 e. The fraction of sp³-hybridized carbons (Fsp3) is 0.143. The van der Waals surface area contributed by atoms with Gasteiger partial charge in [0.25, 0.3) is 0 Å². The van der Waals surface area contributed by atoms with Crippen molar-refractivity contribution in [1.82, 2.24) is 0 Å². The number of hydrogen-bond acceptors (Lipinski definition) is 6. The SMILES string of the molecule is Oc1ccc([C@H]2Cc3cc(O)cc4c3[C@@H](c3cc(O)cc(O)c32)[C@H](c2ccc(O)cc2)O4)cc1. The van der Waals surface area contributed by atoms with Gasteiger partial charge in [0.05, 0.1) is 5.92 Å². The molecule has 0 saturated carbocycles. The maximum absolute atomic E-state index is 11.1. The van der Waals surface area contributed by atoms with Gasteiger partial charge in [0.2, 0.25) is 0 Å². The highest BCUT2D eigenvalue weighted by atomic mass is 16.5. The molecule has 6 heteroatoms. The first-order chi connectivity index (χ1) is 16.4. The van der Waals surface area contributed by atoms with Crippen molar-refractivity contribution in [2.75, 3.05) is 0 Å². The molecular weight excluding hydrogens is 432 g/mol. The van der Waals surface area contributed by atoms with Crippen molar-refractivity contribution in [3.63, 3.8) is 0 Å². The molecule has 170 valence electrons. The van der Waals surface area contributed by atoms with Crippen molar-refractivity contribution < 1.29 is 30.3 Å². The van der Waals surface area contributed by atoms with E-state index in [0.717, 1.165) is 27.8 Å². The quantitative estimate of drug-likeness (QED) is 0.286. The largest absolute Gasteiger partial charge is 0.508 e. The van der Waals surface area contributed by atoms with Crippen LogP contribution in [-0.4, -0.2) is 25.5 Å². The van der Waals surface area contributed by atoms with Gasteiger partial charge in [-0.3, -0.25) is 0 Å². The summed E-state index contributed by atoms with van der Waals surface area (Å²) in [4.78, 5) is 0. The van der Waals surface area contributed by atoms with Crippen LogP contribution in [0.25, 0.3) is 0 Å². The van der Waals surface area contributed by atoms with Gasteiger partial charge in [-0.15, -0.1) is 0 Å². The van der Waals surface area contributed by atoms with Crippen molar-refractivity contribution in [3.05, 3.63) is 106 Å². The Hall–Kier alpha value is -4.32. The third-order valence-corrected chi connectivity index (χ3v) is 6.88. The van der Waals surface area contributed by atoms with Gasteiger partial charge in [0.15, 0.2) is 0 Å². The van der Waals surface area contributed by atoms with Crippen LogP contribution in [0.3, 0.4) is 0 Å². The topological polar surface area (TPSA) is 110 Å². The fourth-order valence-electron chi connectivity index (χ4n) is 5.48. The zero-order chi connectivity index (χ0) is 23.6. The molecular formula is C28H22O6. The summed E-state index contributed by atoms with van der Waals surface area (Å²) in [6, 6.07) is 19.9. The highest BCUT2D eigenvalue weighted by molar-refractivity contribution is 5.64. The van der Waals surface area contributed by atoms with Crippen LogP contribution in [0.2, 0.25) is 0 Å². The molecule has 2 aliphatic rings. The molecule has 1 heterocycles. The normalized spacial score (nSPS) is 20.2. The van der Waals surface area contributed by atoms with E-state index in [0.29, 0.717) is 17.7 Å². The Morgan fingerprint density at radius 1 is 0.618 bits per heavy atom. The molecule has 1 aliphatic carbocycles. The number of benzene rings is 4. The molecule has 0 amide bonds. The maximum atomic E-state index is 11.1. The zero-order valence-electron chi connectivity index (χ0n) is 18.0. The molecule has 5 N–H and O–H groups in total. The van der Waals surface area contributed by atoms with Gasteiger partial charge in [-0.2, -0.15) is 0 Å². The Morgan fingerprint density at radius 2 is 1.24 bits per heavy atom. The lowest BCUT2D eigenvalue weighted by molar-refractivity contribution is 0.221. The summed E-state index contributed by atoms with van der Waals surface area (Å²) >= 11 is 0. The Morgan fingerprint density at radius 3 is 1.91 bits per heavy atom. The summed E-state index contributed by atoms with van der Waals surface area (Å²) in [5.41, 5.74) is 4.90. The average molecular weight is 454 g/mol. The first-order valence-corrected chi connectivity index (χ1v) is 11.0. The van der Waals surface area contributed by atoms with E-state index >= 15 is 0 Å². The number of fused-ring (bicyclic) bond motifs is 2. The number of phenolic OH excluding ortho intramolecular Hbond substituents is 5. The van der Waals surface area contributed by atoms with Crippen molar-refractivity contribution >= 4 is 0 Å². The number of hydrogen-bond donors (Lipinski definition) is 5. The van der Waals surface area contributed by atoms with Crippen LogP contribution in [0.5, 0.6) is 34.5 Å². The zero-order valence-corrected chi connectivity index (χ0v) is 18.0. The number of rotatable bonds is 2. The van der Waals surface area contributed by atoms with E-state index in [1.165, 1.54) is 6.07 Å². The maximum Gasteiger partial charge on any atom is 0.135 e. The molecule has 0 bridgehead atoms. The van der Waals surface area contributed by atoms with Crippen LogP contribution in [0, 0.1) is 0 Å². The second-order valence-corrected chi connectivity index (χ2v) is 8.94. The number of ether oxygens (including phenoxy) is 1. The molecule has 4 aromatic rings. The van der Waals surface area contributed by atoms with Crippen LogP contribution in [0.4, 0.5) is 0 Å². The standard InChI is InChI=1S/C28H22O6/c29-17-5-1-14(2-6-17)21-10-16-9-19(31)13-24-25(16)27(22-11-20(32)12-23(33)26(21)22)28(34-24)15-3-7-18(30)8-4-15/h1-9,11-13,21,27-33H,10H2/t21-,27-,28+/m1/s1. The Kier molecular flexibility index (Phi) is 4.39. The van der Waals surface area contributed by atoms with E-state index in [-0.39, 0.29) is 40.6 Å². The molecule has 3 atom stereocenters. The molecule has 0 fully saturated rings. The number of aromatic hydroxyl groups is 5. The summed E-state index contributed by atoms with van der Waals surface area (Å²) in [5, 5.41) is 51.6. The highest BCUT2D eigenvalue weighted by Gasteiger charge is 2.44. The van der Waals surface area contributed by atoms with Crippen molar-refractivity contribution in [2.24, 2.45) is 0 Å². The Bertz CT molecular complexity index is 1410. The van der Waals surface area contributed by atoms with Gasteiger partial charge in [0.1, 0.15) is 40.6 Å². The van der Waals surface area contributed by atoms with E-state index in [4.69, 9.17) is 4.74 Å². The van der Waals surface area contributed by atoms with E-state index in [2.05, 4.69) is 0 Å². The van der Waals surface area contributed by atoms with Gasteiger partial charge in [-0.05, 0) is 65.1 Å². The predicted molar refractivity (Wildman–Crippen MR) is 125 cm³/mol. The van der Waals surface area contributed by atoms with Gasteiger partial charge in [0, 0.05) is 29.2 Å². The summed E-state index contributed by atoms with van der Waals surface area (Å²) < 4.78 is 6.35. The van der Waals surface area contributed by atoms with E-state index in [1.807, 2.05) is 12.1 Å². The third kappa shape index (κ3) is 3.10. The van der Waals surface area contributed by atoms with Crippen LogP contribution >= 0.6 is 0 Å². The summed E-state index contributed by atoms with van der Waals surface area (Å²) in [6.45, 7) is 0. The minimum absolute atomic E-state index is 0.0250. The molecule has 34 heavy (non-hydrogen) atoms. The van der Waals surface area contributed by atoms with Crippen molar-refractivity contribution in [2.45, 2.75) is 24.4 Å². The molecule has 1 aliphatic heterocycles. The second kappa shape index (κ2) is 7.35. The summed E-state index contributed by atoms with van der Waals surface area (Å²) in [5.74, 6) is 0.205. The average Bonchev–Trinajstić information content (AvgIpc) is 3.10. The third-order valence-electron chi connectivity index (χ3n) is 6.88. The molecule has 0 aromatic heterocycles. The first kappa shape index (κ1) is 20.3. The molecule has 4 aromatic carbocycles. The van der Waals surface area contributed by atoms with Crippen LogP contribution in [0.15, 0.2) is 72.8 Å². The second-order valence-electron chi connectivity index (χ2n) is 8.94. The highest BCUT2D eigenvalue weighted by Crippen LogP contribution is 2.58. The summed E-state index contributed by atoms with van der Waals surface area (Å²) in [6.07, 6.45) is -0.00990. The Balaban J connectivity index is 1.64. The lowest BCUT2D eigenvalue weighted by Gasteiger charge is -2.25.